The van der Waals surface area contributed by atoms with E-state index in [1.54, 1.807) is 42.5 Å². The van der Waals surface area contributed by atoms with Crippen molar-refractivity contribution in [3.05, 3.63) is 65.7 Å². The molecular formula is C23H19Br2NO5. The summed E-state index contributed by atoms with van der Waals surface area (Å²) in [6.45, 7) is -0.391. The molecule has 0 bridgehead atoms. The summed E-state index contributed by atoms with van der Waals surface area (Å²) in [6, 6.07) is 14.8. The fraction of sp³-hybridized carbons (Fsp3) is 0.304. The fourth-order valence-corrected chi connectivity index (χ4v) is 5.28. The molecule has 2 aromatic carbocycles. The molecule has 31 heavy (non-hydrogen) atoms. The zero-order valence-electron chi connectivity index (χ0n) is 16.4. The summed E-state index contributed by atoms with van der Waals surface area (Å²) in [5.41, 5.74) is 0.964. The molecule has 4 atom stereocenters. The zero-order chi connectivity index (χ0) is 22.1. The van der Waals surface area contributed by atoms with Crippen LogP contribution in [0.3, 0.4) is 0 Å². The van der Waals surface area contributed by atoms with Crippen LogP contribution in [0.1, 0.15) is 33.6 Å². The number of benzene rings is 2. The van der Waals surface area contributed by atoms with Gasteiger partial charge < -0.3 is 4.74 Å². The van der Waals surface area contributed by atoms with E-state index in [-0.39, 0.29) is 44.7 Å². The van der Waals surface area contributed by atoms with Crippen LogP contribution in [0, 0.1) is 11.8 Å². The molecule has 1 saturated heterocycles. The standard InChI is InChI=1S/C23H19Br2NO5/c24-18-10-16-17(11-19(18)25)22(29)26(21(16)28)15-8-4-7-14(9-15)23(30)31-12-20(27)13-5-2-1-3-6-13/h1-9,16-19H,10-12H2/t16-,17-,18-,19+/m1/s1. The van der Waals surface area contributed by atoms with Crippen LogP contribution in [0.15, 0.2) is 54.6 Å². The molecule has 2 aromatic rings. The van der Waals surface area contributed by atoms with Crippen molar-refractivity contribution in [2.75, 3.05) is 11.5 Å². The van der Waals surface area contributed by atoms with Crippen molar-refractivity contribution >= 4 is 61.1 Å². The molecule has 1 saturated carbocycles. The highest BCUT2D eigenvalue weighted by atomic mass is 79.9. The quantitative estimate of drug-likeness (QED) is 0.243. The molecule has 1 heterocycles. The lowest BCUT2D eigenvalue weighted by Crippen LogP contribution is -2.34. The Morgan fingerprint density at radius 1 is 0.871 bits per heavy atom. The van der Waals surface area contributed by atoms with Gasteiger partial charge in [0.25, 0.3) is 0 Å². The van der Waals surface area contributed by atoms with Crippen LogP contribution in [0.4, 0.5) is 5.69 Å². The van der Waals surface area contributed by atoms with Gasteiger partial charge in [-0.2, -0.15) is 0 Å². The summed E-state index contributed by atoms with van der Waals surface area (Å²) in [5.74, 6) is -2.24. The average molecular weight is 549 g/mol. The van der Waals surface area contributed by atoms with E-state index in [9.17, 15) is 19.2 Å². The number of alkyl halides is 2. The zero-order valence-corrected chi connectivity index (χ0v) is 19.5. The second kappa shape index (κ2) is 9.04. The van der Waals surface area contributed by atoms with Crippen LogP contribution in [0.25, 0.3) is 0 Å². The number of hydrogen-bond acceptors (Lipinski definition) is 5. The summed E-state index contributed by atoms with van der Waals surface area (Å²) in [6.07, 6.45) is 1.15. The van der Waals surface area contributed by atoms with Crippen LogP contribution in [-0.4, -0.2) is 39.8 Å². The second-order valence-corrected chi connectivity index (χ2v) is 10.00. The largest absolute Gasteiger partial charge is 0.454 e. The van der Waals surface area contributed by atoms with E-state index in [2.05, 4.69) is 31.9 Å². The predicted octanol–water partition coefficient (Wildman–Crippen LogP) is 4.15. The van der Waals surface area contributed by atoms with Crippen LogP contribution in [0.5, 0.6) is 0 Å². The number of Topliss-reactive ketones (excluding diaryl/α,β-unsaturated/α-hetero) is 1. The molecule has 0 spiro atoms. The summed E-state index contributed by atoms with van der Waals surface area (Å²) in [4.78, 5) is 52.0. The summed E-state index contributed by atoms with van der Waals surface area (Å²) < 4.78 is 5.15. The molecule has 2 aliphatic rings. The van der Waals surface area contributed by atoms with E-state index in [1.165, 1.54) is 17.0 Å². The maximum atomic E-state index is 13.0. The number of fused-ring (bicyclic) bond motifs is 1. The Morgan fingerprint density at radius 2 is 1.45 bits per heavy atom. The van der Waals surface area contributed by atoms with Gasteiger partial charge in [-0.15, -0.1) is 0 Å². The number of ketones is 1. The molecule has 0 N–H and O–H groups in total. The van der Waals surface area contributed by atoms with Crippen molar-refractivity contribution in [1.82, 2.24) is 0 Å². The van der Waals surface area contributed by atoms with Crippen LogP contribution >= 0.6 is 31.9 Å². The Morgan fingerprint density at radius 3 is 2.06 bits per heavy atom. The van der Waals surface area contributed by atoms with Crippen LogP contribution in [-0.2, 0) is 14.3 Å². The Bertz CT molecular complexity index is 1010. The highest BCUT2D eigenvalue weighted by Crippen LogP contribution is 2.44. The van der Waals surface area contributed by atoms with E-state index >= 15 is 0 Å². The number of carbonyl (C=O) groups excluding carboxylic acids is 4. The van der Waals surface area contributed by atoms with Gasteiger partial charge in [-0.3, -0.25) is 19.3 Å². The van der Waals surface area contributed by atoms with Crippen LogP contribution in [0.2, 0.25) is 0 Å². The highest BCUT2D eigenvalue weighted by molar-refractivity contribution is 9.12. The molecule has 4 rings (SSSR count). The highest BCUT2D eigenvalue weighted by Gasteiger charge is 2.52. The Kier molecular flexibility index (Phi) is 6.39. The van der Waals surface area contributed by atoms with Crippen molar-refractivity contribution in [3.63, 3.8) is 0 Å². The van der Waals surface area contributed by atoms with Gasteiger partial charge >= 0.3 is 5.97 Å². The van der Waals surface area contributed by atoms with Crippen molar-refractivity contribution < 1.29 is 23.9 Å². The molecule has 0 aromatic heterocycles. The smallest absolute Gasteiger partial charge is 0.338 e. The van der Waals surface area contributed by atoms with Gasteiger partial charge in [0.05, 0.1) is 23.1 Å². The first-order chi connectivity index (χ1) is 14.9. The van der Waals surface area contributed by atoms with E-state index in [0.29, 0.717) is 24.1 Å². The number of anilines is 1. The Hall–Kier alpha value is -2.32. The molecule has 8 heteroatoms. The van der Waals surface area contributed by atoms with Gasteiger partial charge in [-0.25, -0.2) is 4.79 Å². The maximum Gasteiger partial charge on any atom is 0.338 e. The van der Waals surface area contributed by atoms with Gasteiger partial charge in [0.1, 0.15) is 0 Å². The summed E-state index contributed by atoms with van der Waals surface area (Å²) >= 11 is 7.15. The molecule has 2 amide bonds. The second-order valence-electron chi connectivity index (χ2n) is 7.64. The van der Waals surface area contributed by atoms with Gasteiger partial charge in [0.2, 0.25) is 11.8 Å². The van der Waals surface area contributed by atoms with E-state index < -0.39 is 12.6 Å². The van der Waals surface area contributed by atoms with Gasteiger partial charge in [-0.05, 0) is 31.0 Å². The first-order valence-electron chi connectivity index (χ1n) is 9.88. The summed E-state index contributed by atoms with van der Waals surface area (Å²) in [7, 11) is 0. The van der Waals surface area contributed by atoms with E-state index in [0.717, 1.165) is 0 Å². The molecule has 6 nitrogen and oxygen atoms in total. The number of rotatable bonds is 5. The van der Waals surface area contributed by atoms with Gasteiger partial charge in [-0.1, -0.05) is 68.3 Å². The SMILES string of the molecule is O=C(COC(=O)c1cccc(N2C(=O)[C@@H]3C[C@@H](Br)[C@@H](Br)C[C@H]3C2=O)c1)c1ccccc1. The molecule has 0 unspecified atom stereocenters. The lowest BCUT2D eigenvalue weighted by atomic mass is 9.81. The number of esters is 1. The lowest BCUT2D eigenvalue weighted by Gasteiger charge is -2.29. The Labute approximate surface area is 196 Å². The molecule has 0 radical (unpaired) electrons. The number of imide groups is 1. The first kappa shape index (κ1) is 21.9. The van der Waals surface area contributed by atoms with E-state index in [1.807, 2.05) is 0 Å². The molecule has 1 aliphatic carbocycles. The first-order valence-corrected chi connectivity index (χ1v) is 11.7. The fourth-order valence-electron chi connectivity index (χ4n) is 4.04. The number of hydrogen-bond donors (Lipinski definition) is 0. The van der Waals surface area contributed by atoms with Gasteiger partial charge in [0, 0.05) is 15.2 Å². The molecular weight excluding hydrogens is 530 g/mol. The third-order valence-corrected chi connectivity index (χ3v) is 8.42. The van der Waals surface area contributed by atoms with Crippen molar-refractivity contribution in [3.8, 4) is 0 Å². The monoisotopic (exact) mass is 547 g/mol. The minimum atomic E-state index is -0.691. The third kappa shape index (κ3) is 4.36. The average Bonchev–Trinajstić information content (AvgIpc) is 3.02. The minimum Gasteiger partial charge on any atom is -0.454 e. The predicted molar refractivity (Wildman–Crippen MR) is 122 cm³/mol. The molecule has 160 valence electrons. The number of halogens is 2. The maximum absolute atomic E-state index is 13.0. The van der Waals surface area contributed by atoms with Crippen LogP contribution < -0.4 is 4.90 Å². The third-order valence-electron chi connectivity index (χ3n) is 5.68. The van der Waals surface area contributed by atoms with E-state index in [4.69, 9.17) is 4.74 Å². The van der Waals surface area contributed by atoms with Crippen molar-refractivity contribution in [1.29, 1.82) is 0 Å². The summed E-state index contributed by atoms with van der Waals surface area (Å²) in [5, 5.41) is 0. The number of carbonyl (C=O) groups is 4. The van der Waals surface area contributed by atoms with Crippen molar-refractivity contribution in [2.45, 2.75) is 22.5 Å². The van der Waals surface area contributed by atoms with Gasteiger partial charge in [0.15, 0.2) is 12.4 Å². The molecule has 1 aliphatic heterocycles. The normalized spacial score (nSPS) is 25.3. The molecule has 2 fully saturated rings. The minimum absolute atomic E-state index is 0.119. The topological polar surface area (TPSA) is 80.8 Å². The Balaban J connectivity index is 1.48. The lowest BCUT2D eigenvalue weighted by molar-refractivity contribution is -0.122. The number of amides is 2. The number of nitrogens with zero attached hydrogens (tertiary/aromatic N) is 1. The van der Waals surface area contributed by atoms with Crippen molar-refractivity contribution in [2.24, 2.45) is 11.8 Å². The number of ether oxygens (including phenoxy) is 1.